The van der Waals surface area contributed by atoms with Gasteiger partial charge in [-0.3, -0.25) is 9.69 Å². The van der Waals surface area contributed by atoms with Crippen LogP contribution in [0.3, 0.4) is 0 Å². The van der Waals surface area contributed by atoms with Crippen molar-refractivity contribution < 1.29 is 13.2 Å². The third-order valence-electron chi connectivity index (χ3n) is 6.48. The number of nitrogens with zero attached hydrogens (tertiary/aromatic N) is 4. The second-order valence-electron chi connectivity index (χ2n) is 10.4. The highest BCUT2D eigenvalue weighted by Gasteiger charge is 2.27. The maximum Gasteiger partial charge on any atom is 0.260 e. The van der Waals surface area contributed by atoms with Crippen LogP contribution < -0.4 is 4.90 Å². The largest absolute Gasteiger partial charge is 0.302 e. The molecule has 0 N–H and O–H groups in total. The van der Waals surface area contributed by atoms with E-state index in [0.717, 1.165) is 34.7 Å². The summed E-state index contributed by atoms with van der Waals surface area (Å²) >= 11 is 3.15. The molecule has 3 aromatic rings. The molecule has 10 heteroatoms. The van der Waals surface area contributed by atoms with E-state index in [0.29, 0.717) is 30.3 Å². The smallest absolute Gasteiger partial charge is 0.260 e. The number of hydrogen-bond donors (Lipinski definition) is 0. The summed E-state index contributed by atoms with van der Waals surface area (Å²) in [6, 6.07) is 12.5. The Morgan fingerprint density at radius 1 is 0.949 bits per heavy atom. The van der Waals surface area contributed by atoms with E-state index in [-0.39, 0.29) is 22.6 Å². The average molecular weight is 591 g/mol. The van der Waals surface area contributed by atoms with E-state index in [1.165, 1.54) is 11.3 Å². The molecule has 0 aliphatic heterocycles. The maximum atomic E-state index is 13.9. The second-order valence-corrected chi connectivity index (χ2v) is 14.2. The van der Waals surface area contributed by atoms with Crippen LogP contribution in [0, 0.1) is 11.8 Å². The molecule has 0 saturated heterocycles. The van der Waals surface area contributed by atoms with E-state index in [4.69, 9.17) is 4.98 Å². The first-order chi connectivity index (χ1) is 18.5. The zero-order valence-corrected chi connectivity index (χ0v) is 26.6. The summed E-state index contributed by atoms with van der Waals surface area (Å²) in [5.74, 6) is 0.232. The highest BCUT2D eigenvalue weighted by atomic mass is 32.2. The van der Waals surface area contributed by atoms with Crippen LogP contribution in [0.1, 0.15) is 51.9 Å². The Morgan fingerprint density at radius 2 is 1.56 bits per heavy atom. The molecule has 0 fully saturated rings. The minimum absolute atomic E-state index is 0.183. The zero-order chi connectivity index (χ0) is 28.7. The summed E-state index contributed by atoms with van der Waals surface area (Å²) in [7, 11) is -3.67. The van der Waals surface area contributed by atoms with Crippen LogP contribution in [0.2, 0.25) is 0 Å². The van der Waals surface area contributed by atoms with Gasteiger partial charge in [0, 0.05) is 36.6 Å². The monoisotopic (exact) mass is 590 g/mol. The lowest BCUT2D eigenvalue weighted by Crippen LogP contribution is -2.39. The molecule has 0 saturated carbocycles. The minimum atomic E-state index is -3.67. The summed E-state index contributed by atoms with van der Waals surface area (Å²) in [5.41, 5.74) is 1.35. The Morgan fingerprint density at radius 3 is 2.10 bits per heavy atom. The molecule has 3 rings (SSSR count). The Hall–Kier alpha value is -1.98. The first kappa shape index (κ1) is 31.5. The van der Waals surface area contributed by atoms with E-state index in [1.807, 2.05) is 52.1 Å². The fraction of sp³-hybridized carbons (Fsp3) is 0.517. The number of amides is 1. The van der Waals surface area contributed by atoms with Crippen LogP contribution in [-0.2, 0) is 10.0 Å². The van der Waals surface area contributed by atoms with Crippen molar-refractivity contribution in [1.29, 1.82) is 0 Å². The number of sulfonamides is 1. The van der Waals surface area contributed by atoms with E-state index in [1.54, 1.807) is 45.2 Å². The van der Waals surface area contributed by atoms with Gasteiger partial charge in [-0.15, -0.1) is 11.8 Å². The molecule has 0 bridgehead atoms. The van der Waals surface area contributed by atoms with Gasteiger partial charge in [-0.1, -0.05) is 58.9 Å². The van der Waals surface area contributed by atoms with E-state index in [9.17, 15) is 13.2 Å². The van der Waals surface area contributed by atoms with Crippen molar-refractivity contribution in [3.63, 3.8) is 0 Å². The molecule has 0 aliphatic rings. The van der Waals surface area contributed by atoms with Gasteiger partial charge in [-0.05, 0) is 67.6 Å². The summed E-state index contributed by atoms with van der Waals surface area (Å²) in [6.07, 6.45) is 2.02. The predicted octanol–water partition coefficient (Wildman–Crippen LogP) is 6.31. The van der Waals surface area contributed by atoms with Gasteiger partial charge in [0.2, 0.25) is 10.0 Å². The molecule has 2 aromatic carbocycles. The third-order valence-corrected chi connectivity index (χ3v) is 10.1. The molecule has 39 heavy (non-hydrogen) atoms. The van der Waals surface area contributed by atoms with Gasteiger partial charge in [-0.25, -0.2) is 13.4 Å². The number of carbonyl (C=O) groups is 1. The van der Waals surface area contributed by atoms with Crippen LogP contribution in [-0.4, -0.2) is 74.0 Å². The van der Waals surface area contributed by atoms with Crippen molar-refractivity contribution in [2.45, 2.75) is 51.3 Å². The number of likely N-dealkylation sites (N-methyl/N-ethyl adjacent to an activating group) is 1. The van der Waals surface area contributed by atoms with Crippen LogP contribution in [0.25, 0.3) is 10.2 Å². The molecule has 0 atom stereocenters. The normalized spacial score (nSPS) is 12.4. The Balaban J connectivity index is 1.95. The maximum absolute atomic E-state index is 13.9. The van der Waals surface area contributed by atoms with E-state index in [2.05, 4.69) is 18.7 Å². The van der Waals surface area contributed by atoms with Gasteiger partial charge in [0.05, 0.1) is 15.1 Å². The van der Waals surface area contributed by atoms with Crippen LogP contribution >= 0.6 is 23.1 Å². The standard InChI is InChI=1S/C29H42N4O3S3/c1-8-31(9-2)17-18-33(29-30-27-25(37-7)11-10-12-26(27)38-29)28(34)23-13-15-24(16-14-23)39(35,36)32(19-21(3)4)20-22(5)6/h10-16,21-22H,8-9,17-20H2,1-7H3. The van der Waals surface area contributed by atoms with Gasteiger partial charge in [0.1, 0.15) is 0 Å². The number of carbonyl (C=O) groups excluding carboxylic acids is 1. The average Bonchev–Trinajstić information content (AvgIpc) is 3.34. The fourth-order valence-electron chi connectivity index (χ4n) is 4.42. The molecule has 1 amide bonds. The second kappa shape index (κ2) is 14.1. The van der Waals surface area contributed by atoms with Gasteiger partial charge in [0.25, 0.3) is 5.91 Å². The van der Waals surface area contributed by atoms with Crippen LogP contribution in [0.15, 0.2) is 52.3 Å². The fourth-order valence-corrected chi connectivity index (χ4v) is 7.83. The SMILES string of the molecule is CCN(CC)CCN(C(=O)c1ccc(S(=O)(=O)N(CC(C)C)CC(C)C)cc1)c1nc2c(SC)cccc2s1. The number of fused-ring (bicyclic) bond motifs is 1. The predicted molar refractivity (Wildman–Crippen MR) is 166 cm³/mol. The third kappa shape index (κ3) is 7.82. The number of thiazole rings is 1. The summed E-state index contributed by atoms with van der Waals surface area (Å²) in [4.78, 5) is 24.0. The lowest BCUT2D eigenvalue weighted by molar-refractivity contribution is 0.0983. The van der Waals surface area contributed by atoms with Crippen molar-refractivity contribution in [3.05, 3.63) is 48.0 Å². The van der Waals surface area contributed by atoms with E-state index >= 15 is 0 Å². The molecule has 7 nitrogen and oxygen atoms in total. The highest BCUT2D eigenvalue weighted by molar-refractivity contribution is 7.98. The summed E-state index contributed by atoms with van der Waals surface area (Å²) < 4.78 is 29.5. The molecule has 1 aromatic heterocycles. The molecule has 0 spiro atoms. The molecular weight excluding hydrogens is 549 g/mol. The molecule has 0 aliphatic carbocycles. The minimum Gasteiger partial charge on any atom is -0.302 e. The molecule has 214 valence electrons. The number of aromatic nitrogens is 1. The molecule has 1 heterocycles. The van der Waals surface area contributed by atoms with Gasteiger partial charge >= 0.3 is 0 Å². The number of thioether (sulfide) groups is 1. The lowest BCUT2D eigenvalue weighted by atomic mass is 10.2. The van der Waals surface area contributed by atoms with E-state index < -0.39 is 10.0 Å². The Labute approximate surface area is 242 Å². The van der Waals surface area contributed by atoms with Crippen molar-refractivity contribution >= 4 is 54.4 Å². The molecule has 0 radical (unpaired) electrons. The highest BCUT2D eigenvalue weighted by Crippen LogP contribution is 2.34. The van der Waals surface area contributed by atoms with Gasteiger partial charge < -0.3 is 4.90 Å². The number of para-hydroxylation sites is 1. The van der Waals surface area contributed by atoms with Gasteiger partial charge in [-0.2, -0.15) is 4.31 Å². The van der Waals surface area contributed by atoms with Crippen molar-refractivity contribution in [2.24, 2.45) is 11.8 Å². The Bertz CT molecular complexity index is 1320. The summed E-state index contributed by atoms with van der Waals surface area (Å²) in [6.45, 7) is 16.2. The first-order valence-corrected chi connectivity index (χ1v) is 17.1. The molecular formula is C29H42N4O3S3. The first-order valence-electron chi connectivity index (χ1n) is 13.6. The van der Waals surface area contributed by atoms with Crippen LogP contribution in [0.4, 0.5) is 5.13 Å². The number of rotatable bonds is 14. The van der Waals surface area contributed by atoms with Crippen molar-refractivity contribution in [1.82, 2.24) is 14.2 Å². The lowest BCUT2D eigenvalue weighted by Gasteiger charge is -2.26. The van der Waals surface area contributed by atoms with Gasteiger partial charge in [0.15, 0.2) is 5.13 Å². The number of anilines is 1. The number of hydrogen-bond acceptors (Lipinski definition) is 7. The summed E-state index contributed by atoms with van der Waals surface area (Å²) in [5, 5.41) is 0.653. The molecule has 0 unspecified atom stereocenters. The quantitative estimate of drug-likeness (QED) is 0.205. The zero-order valence-electron chi connectivity index (χ0n) is 24.2. The van der Waals surface area contributed by atoms with Crippen molar-refractivity contribution in [2.75, 3.05) is 50.4 Å². The number of benzene rings is 2. The van der Waals surface area contributed by atoms with Crippen LogP contribution in [0.5, 0.6) is 0 Å². The Kier molecular flexibility index (Phi) is 11.4. The topological polar surface area (TPSA) is 73.8 Å². The van der Waals surface area contributed by atoms with Crippen molar-refractivity contribution in [3.8, 4) is 0 Å².